The van der Waals surface area contributed by atoms with E-state index in [1.165, 1.54) is 24.3 Å². The molecule has 1 heterocycles. The number of nitrogens with two attached hydrogens (primary N) is 1. The normalized spacial score (nSPS) is 14.2. The molecule has 1 aliphatic heterocycles. The summed E-state index contributed by atoms with van der Waals surface area (Å²) in [5, 5.41) is 2.79. The zero-order chi connectivity index (χ0) is 19.6. The second-order valence-electron chi connectivity index (χ2n) is 6.54. The zero-order valence-electron chi connectivity index (χ0n) is 14.9. The molecule has 7 nitrogen and oxygen atoms in total. The third-order valence-electron chi connectivity index (χ3n) is 4.50. The number of sulfone groups is 1. The number of hydrogen-bond acceptors (Lipinski definition) is 5. The first kappa shape index (κ1) is 18.9. The molecule has 0 saturated carbocycles. The monoisotopic (exact) mass is 387 g/mol. The second-order valence-corrected chi connectivity index (χ2v) is 8.56. The van der Waals surface area contributed by atoms with Crippen LogP contribution in [-0.4, -0.2) is 39.6 Å². The lowest BCUT2D eigenvalue weighted by atomic mass is 10.1. The van der Waals surface area contributed by atoms with Crippen molar-refractivity contribution in [3.63, 3.8) is 0 Å². The van der Waals surface area contributed by atoms with E-state index in [0.717, 1.165) is 37.9 Å². The molecule has 1 aliphatic rings. The highest BCUT2D eigenvalue weighted by Crippen LogP contribution is 2.30. The SMILES string of the molecule is CS(=O)(=O)c1cccc(C(=O)Nc2cc(C(N)=O)ccc2N2CCCC2)c1. The minimum atomic E-state index is -3.42. The van der Waals surface area contributed by atoms with Crippen LogP contribution in [0.4, 0.5) is 11.4 Å². The van der Waals surface area contributed by atoms with Crippen molar-refractivity contribution in [3.05, 3.63) is 53.6 Å². The van der Waals surface area contributed by atoms with Gasteiger partial charge in [0.25, 0.3) is 5.91 Å². The van der Waals surface area contributed by atoms with Gasteiger partial charge in [-0.25, -0.2) is 8.42 Å². The van der Waals surface area contributed by atoms with Gasteiger partial charge in [-0.1, -0.05) is 6.07 Å². The van der Waals surface area contributed by atoms with E-state index in [1.54, 1.807) is 18.2 Å². The number of carbonyl (C=O) groups is 2. The maximum absolute atomic E-state index is 12.7. The molecular formula is C19H21N3O4S. The van der Waals surface area contributed by atoms with Crippen LogP contribution in [0.1, 0.15) is 33.6 Å². The lowest BCUT2D eigenvalue weighted by molar-refractivity contribution is 0.0996. The van der Waals surface area contributed by atoms with Gasteiger partial charge < -0.3 is 16.0 Å². The van der Waals surface area contributed by atoms with Gasteiger partial charge in [0.1, 0.15) is 0 Å². The van der Waals surface area contributed by atoms with Crippen LogP contribution in [0.3, 0.4) is 0 Å². The van der Waals surface area contributed by atoms with E-state index in [-0.39, 0.29) is 16.0 Å². The number of primary amides is 1. The summed E-state index contributed by atoms with van der Waals surface area (Å²) in [4.78, 5) is 26.4. The highest BCUT2D eigenvalue weighted by molar-refractivity contribution is 7.90. The van der Waals surface area contributed by atoms with E-state index >= 15 is 0 Å². The van der Waals surface area contributed by atoms with E-state index in [0.29, 0.717) is 5.69 Å². The summed E-state index contributed by atoms with van der Waals surface area (Å²) in [6.07, 6.45) is 3.20. The van der Waals surface area contributed by atoms with Crippen molar-refractivity contribution >= 4 is 33.0 Å². The Labute approximate surface area is 158 Å². The predicted octanol–water partition coefficient (Wildman–Crippen LogP) is 2.04. The summed E-state index contributed by atoms with van der Waals surface area (Å²) in [6.45, 7) is 1.73. The van der Waals surface area contributed by atoms with Gasteiger partial charge in [0.15, 0.2) is 9.84 Å². The van der Waals surface area contributed by atoms with Crippen molar-refractivity contribution in [3.8, 4) is 0 Å². The van der Waals surface area contributed by atoms with Crippen molar-refractivity contribution in [1.29, 1.82) is 0 Å². The maximum Gasteiger partial charge on any atom is 0.255 e. The van der Waals surface area contributed by atoms with E-state index in [2.05, 4.69) is 10.2 Å². The highest BCUT2D eigenvalue weighted by atomic mass is 32.2. The van der Waals surface area contributed by atoms with E-state index in [4.69, 9.17) is 5.73 Å². The molecule has 27 heavy (non-hydrogen) atoms. The van der Waals surface area contributed by atoms with Gasteiger partial charge in [0, 0.05) is 30.5 Å². The molecule has 8 heteroatoms. The number of anilines is 2. The second kappa shape index (κ2) is 7.40. The summed E-state index contributed by atoms with van der Waals surface area (Å²) in [5.41, 5.74) is 7.16. The third-order valence-corrected chi connectivity index (χ3v) is 5.61. The predicted molar refractivity (Wildman–Crippen MR) is 104 cm³/mol. The molecule has 1 fully saturated rings. The number of nitrogens with one attached hydrogen (secondary N) is 1. The molecule has 0 atom stereocenters. The van der Waals surface area contributed by atoms with E-state index in [9.17, 15) is 18.0 Å². The summed E-state index contributed by atoms with van der Waals surface area (Å²) in [6, 6.07) is 10.8. The number of rotatable bonds is 5. The standard InChI is InChI=1S/C19H21N3O4S/c1-27(25,26)15-6-4-5-14(11-15)19(24)21-16-12-13(18(20)23)7-8-17(16)22-9-2-3-10-22/h4-8,11-12H,2-3,9-10H2,1H3,(H2,20,23)(H,21,24). The number of amides is 2. The smallest absolute Gasteiger partial charge is 0.255 e. The summed E-state index contributed by atoms with van der Waals surface area (Å²) in [7, 11) is -3.42. The minimum Gasteiger partial charge on any atom is -0.370 e. The Bertz CT molecular complexity index is 996. The van der Waals surface area contributed by atoms with Crippen LogP contribution >= 0.6 is 0 Å². The maximum atomic E-state index is 12.7. The van der Waals surface area contributed by atoms with Crippen LogP contribution < -0.4 is 16.0 Å². The topological polar surface area (TPSA) is 110 Å². The quantitative estimate of drug-likeness (QED) is 0.816. The van der Waals surface area contributed by atoms with Crippen LogP contribution in [0, 0.1) is 0 Å². The molecule has 1 saturated heterocycles. The van der Waals surface area contributed by atoms with Gasteiger partial charge in [-0.3, -0.25) is 9.59 Å². The average molecular weight is 387 g/mol. The number of nitrogens with zero attached hydrogens (tertiary/aromatic N) is 1. The van der Waals surface area contributed by atoms with Crippen LogP contribution in [0.15, 0.2) is 47.4 Å². The van der Waals surface area contributed by atoms with Crippen molar-refractivity contribution in [2.45, 2.75) is 17.7 Å². The Balaban J connectivity index is 1.95. The van der Waals surface area contributed by atoms with Crippen LogP contribution in [0.2, 0.25) is 0 Å². The summed E-state index contributed by atoms with van der Waals surface area (Å²) >= 11 is 0. The fraction of sp³-hybridized carbons (Fsp3) is 0.263. The lowest BCUT2D eigenvalue weighted by Gasteiger charge is -2.22. The first-order valence-electron chi connectivity index (χ1n) is 8.56. The first-order chi connectivity index (χ1) is 12.8. The number of hydrogen-bond donors (Lipinski definition) is 2. The number of carbonyl (C=O) groups excluding carboxylic acids is 2. The molecule has 2 amide bonds. The Morgan fingerprint density at radius 2 is 1.74 bits per heavy atom. The van der Waals surface area contributed by atoms with Gasteiger partial charge in [0.2, 0.25) is 5.91 Å². The van der Waals surface area contributed by atoms with Crippen LogP contribution in [-0.2, 0) is 9.84 Å². The molecule has 142 valence electrons. The molecule has 0 aromatic heterocycles. The molecule has 0 bridgehead atoms. The number of benzene rings is 2. The third kappa shape index (κ3) is 4.28. The Morgan fingerprint density at radius 1 is 1.04 bits per heavy atom. The van der Waals surface area contributed by atoms with Crippen LogP contribution in [0.25, 0.3) is 0 Å². The van der Waals surface area contributed by atoms with Crippen molar-refractivity contribution < 1.29 is 18.0 Å². The van der Waals surface area contributed by atoms with Crippen molar-refractivity contribution in [2.75, 3.05) is 29.6 Å². The molecular weight excluding hydrogens is 366 g/mol. The van der Waals surface area contributed by atoms with Gasteiger partial charge in [-0.2, -0.15) is 0 Å². The van der Waals surface area contributed by atoms with Gasteiger partial charge in [-0.15, -0.1) is 0 Å². The molecule has 0 aliphatic carbocycles. The average Bonchev–Trinajstić information content (AvgIpc) is 3.15. The van der Waals surface area contributed by atoms with Crippen LogP contribution in [0.5, 0.6) is 0 Å². The molecule has 2 aromatic carbocycles. The first-order valence-corrected chi connectivity index (χ1v) is 10.4. The van der Waals surface area contributed by atoms with Crippen molar-refractivity contribution in [2.24, 2.45) is 5.73 Å². The van der Waals surface area contributed by atoms with Gasteiger partial charge in [0.05, 0.1) is 16.3 Å². The van der Waals surface area contributed by atoms with Crippen molar-refractivity contribution in [1.82, 2.24) is 0 Å². The Kier molecular flexibility index (Phi) is 5.18. The minimum absolute atomic E-state index is 0.0702. The van der Waals surface area contributed by atoms with E-state index < -0.39 is 21.7 Å². The largest absolute Gasteiger partial charge is 0.370 e. The molecule has 3 rings (SSSR count). The Hall–Kier alpha value is -2.87. The molecule has 0 radical (unpaired) electrons. The van der Waals surface area contributed by atoms with E-state index in [1.807, 2.05) is 0 Å². The highest BCUT2D eigenvalue weighted by Gasteiger charge is 2.19. The molecule has 2 aromatic rings. The Morgan fingerprint density at radius 3 is 2.37 bits per heavy atom. The molecule has 0 spiro atoms. The molecule has 0 unspecified atom stereocenters. The van der Waals surface area contributed by atoms with Gasteiger partial charge >= 0.3 is 0 Å². The lowest BCUT2D eigenvalue weighted by Crippen LogP contribution is -2.22. The summed E-state index contributed by atoms with van der Waals surface area (Å²) in [5.74, 6) is -1.04. The van der Waals surface area contributed by atoms with Gasteiger partial charge in [-0.05, 0) is 49.2 Å². The summed E-state index contributed by atoms with van der Waals surface area (Å²) < 4.78 is 23.4. The zero-order valence-corrected chi connectivity index (χ0v) is 15.8. The fourth-order valence-corrected chi connectivity index (χ4v) is 3.75. The molecule has 3 N–H and O–H groups in total. The fourth-order valence-electron chi connectivity index (χ4n) is 3.09.